The molecule has 0 aliphatic rings. The third-order valence-corrected chi connectivity index (χ3v) is 3.00. The lowest BCUT2D eigenvalue weighted by atomic mass is 10.0. The zero-order chi connectivity index (χ0) is 13.1. The van der Waals surface area contributed by atoms with Crippen molar-refractivity contribution in [3.05, 3.63) is 47.0 Å². The zero-order valence-electron chi connectivity index (χ0n) is 10.8. The van der Waals surface area contributed by atoms with E-state index in [1.54, 1.807) is 30.1 Å². The van der Waals surface area contributed by atoms with Gasteiger partial charge in [-0.05, 0) is 32.5 Å². The minimum absolute atomic E-state index is 0.210. The fraction of sp³-hybridized carbons (Fsp3) is 0.385. The highest BCUT2D eigenvalue weighted by Gasteiger charge is 2.20. The molecule has 1 aromatic heterocycles. The van der Waals surface area contributed by atoms with Gasteiger partial charge in [-0.1, -0.05) is 17.3 Å². The summed E-state index contributed by atoms with van der Waals surface area (Å²) in [6.07, 6.45) is 1.67. The van der Waals surface area contributed by atoms with Crippen molar-refractivity contribution in [3.8, 4) is 0 Å². The first-order valence-corrected chi connectivity index (χ1v) is 5.99. The van der Waals surface area contributed by atoms with Gasteiger partial charge < -0.3 is 5.32 Å². The molecule has 2 rings (SSSR count). The lowest BCUT2D eigenvalue weighted by molar-refractivity contribution is 0.527. The van der Waals surface area contributed by atoms with Crippen LogP contribution in [0.5, 0.6) is 0 Å². The molecule has 0 spiro atoms. The van der Waals surface area contributed by atoms with Crippen molar-refractivity contribution in [2.75, 3.05) is 7.05 Å². The second-order valence-corrected chi connectivity index (χ2v) is 4.22. The van der Waals surface area contributed by atoms with Crippen molar-refractivity contribution < 1.29 is 4.39 Å². The molecular formula is C13H17FN4. The van der Waals surface area contributed by atoms with E-state index in [1.165, 1.54) is 0 Å². The Bertz CT molecular complexity index is 536. The second kappa shape index (κ2) is 5.27. The van der Waals surface area contributed by atoms with E-state index in [9.17, 15) is 4.39 Å². The predicted octanol–water partition coefficient (Wildman–Crippen LogP) is 2.05. The smallest absolute Gasteiger partial charge is 0.128 e. The van der Waals surface area contributed by atoms with Crippen LogP contribution in [0.1, 0.15) is 29.8 Å². The first kappa shape index (κ1) is 12.7. The van der Waals surface area contributed by atoms with E-state index in [4.69, 9.17) is 0 Å². The van der Waals surface area contributed by atoms with Crippen LogP contribution < -0.4 is 5.32 Å². The average molecular weight is 248 g/mol. The van der Waals surface area contributed by atoms with Gasteiger partial charge in [0.1, 0.15) is 5.82 Å². The molecule has 1 atom stereocenters. The molecule has 0 aliphatic heterocycles. The van der Waals surface area contributed by atoms with Crippen LogP contribution in [-0.4, -0.2) is 22.0 Å². The van der Waals surface area contributed by atoms with Gasteiger partial charge in [-0.15, -0.1) is 5.10 Å². The minimum Gasteiger partial charge on any atom is -0.308 e. The van der Waals surface area contributed by atoms with Gasteiger partial charge >= 0.3 is 0 Å². The molecule has 0 saturated carbocycles. The molecule has 18 heavy (non-hydrogen) atoms. The van der Waals surface area contributed by atoms with Gasteiger partial charge in [0.25, 0.3) is 0 Å². The number of nitrogens with zero attached hydrogens (tertiary/aromatic N) is 3. The maximum atomic E-state index is 14.0. The summed E-state index contributed by atoms with van der Waals surface area (Å²) < 4.78 is 15.8. The number of hydrogen-bond donors (Lipinski definition) is 1. The van der Waals surface area contributed by atoms with Crippen molar-refractivity contribution in [1.29, 1.82) is 0 Å². The topological polar surface area (TPSA) is 42.7 Å². The Labute approximate surface area is 106 Å². The highest BCUT2D eigenvalue weighted by atomic mass is 19.1. The number of hydrogen-bond acceptors (Lipinski definition) is 3. The largest absolute Gasteiger partial charge is 0.308 e. The molecule has 1 heterocycles. The highest BCUT2D eigenvalue weighted by molar-refractivity contribution is 5.31. The summed E-state index contributed by atoms with van der Waals surface area (Å²) in [5, 5.41) is 11.0. The van der Waals surface area contributed by atoms with E-state index in [0.717, 1.165) is 11.3 Å². The van der Waals surface area contributed by atoms with Gasteiger partial charge in [-0.25, -0.2) is 9.07 Å². The minimum atomic E-state index is -0.236. The third-order valence-electron chi connectivity index (χ3n) is 3.00. The molecule has 0 radical (unpaired) electrons. The standard InChI is InChI=1S/C13H17FN4/c1-4-18-12(8-16-17-18)13(15-3)10-6-5-9(2)7-11(10)14/h5-8,13,15H,4H2,1-3H3. The van der Waals surface area contributed by atoms with E-state index < -0.39 is 0 Å². The van der Waals surface area contributed by atoms with Crippen molar-refractivity contribution in [2.45, 2.75) is 26.4 Å². The fourth-order valence-corrected chi connectivity index (χ4v) is 2.06. The van der Waals surface area contributed by atoms with Crippen LogP contribution in [0, 0.1) is 12.7 Å². The molecule has 1 unspecified atom stereocenters. The van der Waals surface area contributed by atoms with E-state index in [0.29, 0.717) is 12.1 Å². The molecule has 1 aromatic carbocycles. The Balaban J connectivity index is 2.45. The van der Waals surface area contributed by atoms with Crippen LogP contribution in [-0.2, 0) is 6.54 Å². The van der Waals surface area contributed by atoms with Gasteiger partial charge in [0, 0.05) is 12.1 Å². The molecule has 96 valence electrons. The quantitative estimate of drug-likeness (QED) is 0.900. The maximum absolute atomic E-state index is 14.0. The van der Waals surface area contributed by atoms with Gasteiger partial charge in [-0.3, -0.25) is 0 Å². The molecule has 1 N–H and O–H groups in total. The Morgan fingerprint density at radius 2 is 2.22 bits per heavy atom. The van der Waals surface area contributed by atoms with Crippen molar-refractivity contribution in [1.82, 2.24) is 20.3 Å². The van der Waals surface area contributed by atoms with Gasteiger partial charge in [0.2, 0.25) is 0 Å². The monoisotopic (exact) mass is 248 g/mol. The average Bonchev–Trinajstić information content (AvgIpc) is 2.81. The summed E-state index contributed by atoms with van der Waals surface area (Å²) in [6.45, 7) is 4.57. The van der Waals surface area contributed by atoms with Crippen LogP contribution in [0.2, 0.25) is 0 Å². The van der Waals surface area contributed by atoms with Crippen LogP contribution in [0.4, 0.5) is 4.39 Å². The van der Waals surface area contributed by atoms with Crippen LogP contribution in [0.15, 0.2) is 24.4 Å². The highest BCUT2D eigenvalue weighted by Crippen LogP contribution is 2.24. The Morgan fingerprint density at radius 1 is 1.44 bits per heavy atom. The zero-order valence-corrected chi connectivity index (χ0v) is 10.8. The lowest BCUT2D eigenvalue weighted by Gasteiger charge is -2.18. The fourth-order valence-electron chi connectivity index (χ4n) is 2.06. The summed E-state index contributed by atoms with van der Waals surface area (Å²) in [6, 6.07) is 5.02. The van der Waals surface area contributed by atoms with Crippen molar-refractivity contribution >= 4 is 0 Å². The number of halogens is 1. The molecule has 5 heteroatoms. The summed E-state index contributed by atoms with van der Waals surface area (Å²) >= 11 is 0. The van der Waals surface area contributed by atoms with E-state index in [-0.39, 0.29) is 11.9 Å². The predicted molar refractivity (Wildman–Crippen MR) is 67.7 cm³/mol. The summed E-state index contributed by atoms with van der Waals surface area (Å²) in [4.78, 5) is 0. The van der Waals surface area contributed by atoms with E-state index >= 15 is 0 Å². The molecule has 0 fully saturated rings. The number of rotatable bonds is 4. The van der Waals surface area contributed by atoms with Crippen LogP contribution >= 0.6 is 0 Å². The Morgan fingerprint density at radius 3 is 2.83 bits per heavy atom. The lowest BCUT2D eigenvalue weighted by Crippen LogP contribution is -2.22. The second-order valence-electron chi connectivity index (χ2n) is 4.22. The summed E-state index contributed by atoms with van der Waals surface area (Å²) in [5.74, 6) is -0.210. The van der Waals surface area contributed by atoms with Gasteiger partial charge in [-0.2, -0.15) is 0 Å². The summed E-state index contributed by atoms with van der Waals surface area (Å²) in [7, 11) is 1.80. The van der Waals surface area contributed by atoms with Crippen molar-refractivity contribution in [2.24, 2.45) is 0 Å². The number of aryl methyl sites for hydroxylation is 2. The van der Waals surface area contributed by atoms with E-state index in [1.807, 2.05) is 19.9 Å². The third kappa shape index (κ3) is 2.26. The molecule has 0 bridgehead atoms. The molecule has 0 amide bonds. The first-order chi connectivity index (χ1) is 8.67. The SMILES string of the molecule is CCn1nncc1C(NC)c1ccc(C)cc1F. The molecule has 4 nitrogen and oxygen atoms in total. The Kier molecular flexibility index (Phi) is 3.72. The van der Waals surface area contributed by atoms with Crippen LogP contribution in [0.25, 0.3) is 0 Å². The molecule has 0 aliphatic carbocycles. The molecule has 0 saturated heterocycles. The van der Waals surface area contributed by atoms with Gasteiger partial charge in [0.05, 0.1) is 17.9 Å². The van der Waals surface area contributed by atoms with E-state index in [2.05, 4.69) is 15.6 Å². The number of benzene rings is 1. The van der Waals surface area contributed by atoms with Crippen molar-refractivity contribution in [3.63, 3.8) is 0 Å². The first-order valence-electron chi connectivity index (χ1n) is 5.99. The van der Waals surface area contributed by atoms with Crippen LogP contribution in [0.3, 0.4) is 0 Å². The molecular weight excluding hydrogens is 231 g/mol. The van der Waals surface area contributed by atoms with Gasteiger partial charge in [0.15, 0.2) is 0 Å². The Hall–Kier alpha value is -1.75. The maximum Gasteiger partial charge on any atom is 0.128 e. The number of nitrogens with one attached hydrogen (secondary N) is 1. The summed E-state index contributed by atoms with van der Waals surface area (Å²) in [5.41, 5.74) is 2.39. The normalized spacial score (nSPS) is 12.7. The number of aromatic nitrogens is 3. The molecule has 2 aromatic rings.